The van der Waals surface area contributed by atoms with E-state index in [-0.39, 0.29) is 11.9 Å². The Hall–Kier alpha value is -2.60. The third-order valence-corrected chi connectivity index (χ3v) is 4.99. The van der Waals surface area contributed by atoms with Crippen molar-refractivity contribution in [2.45, 2.75) is 12.5 Å². The molecule has 0 bridgehead atoms. The summed E-state index contributed by atoms with van der Waals surface area (Å²) < 4.78 is 2.71. The molecule has 4 rings (SSSR count). The number of likely N-dealkylation sites (tertiary alicyclic amines) is 1. The van der Waals surface area contributed by atoms with Gasteiger partial charge in [0, 0.05) is 35.5 Å². The molecule has 0 spiro atoms. The number of aromatic nitrogens is 2. The normalized spacial score (nSPS) is 16.7. The fraction of sp³-hybridized carbons (Fsp3) is 0.200. The van der Waals surface area contributed by atoms with Crippen LogP contribution in [0, 0.1) is 0 Å². The maximum Gasteiger partial charge on any atom is 0.274 e. The van der Waals surface area contributed by atoms with Crippen LogP contribution in [0.25, 0.3) is 5.69 Å². The van der Waals surface area contributed by atoms with Crippen LogP contribution in [0.1, 0.15) is 16.9 Å². The van der Waals surface area contributed by atoms with E-state index in [1.165, 1.54) is 0 Å². The minimum absolute atomic E-state index is 0.0175. The van der Waals surface area contributed by atoms with Crippen LogP contribution in [0.5, 0.6) is 0 Å². The van der Waals surface area contributed by atoms with Gasteiger partial charge in [0.05, 0.1) is 5.69 Å². The van der Waals surface area contributed by atoms with Crippen molar-refractivity contribution in [1.29, 1.82) is 0 Å². The highest BCUT2D eigenvalue weighted by Crippen LogP contribution is 2.19. The van der Waals surface area contributed by atoms with E-state index in [1.54, 1.807) is 10.7 Å². The molecule has 1 N–H and O–H groups in total. The highest BCUT2D eigenvalue weighted by atomic mass is 79.9. The Balaban J connectivity index is 1.42. The first kappa shape index (κ1) is 16.8. The summed E-state index contributed by atoms with van der Waals surface area (Å²) in [5.74, 6) is -0.0175. The zero-order valence-electron chi connectivity index (χ0n) is 14.2. The lowest BCUT2D eigenvalue weighted by molar-refractivity contribution is 0.0785. The van der Waals surface area contributed by atoms with E-state index < -0.39 is 0 Å². The van der Waals surface area contributed by atoms with Crippen LogP contribution >= 0.6 is 15.9 Å². The smallest absolute Gasteiger partial charge is 0.274 e. The van der Waals surface area contributed by atoms with Crippen LogP contribution in [-0.4, -0.2) is 39.7 Å². The van der Waals surface area contributed by atoms with Crippen LogP contribution < -0.4 is 5.32 Å². The van der Waals surface area contributed by atoms with E-state index in [0.717, 1.165) is 28.8 Å². The summed E-state index contributed by atoms with van der Waals surface area (Å²) in [6.45, 7) is 1.44. The Morgan fingerprint density at radius 1 is 1.12 bits per heavy atom. The third-order valence-electron chi connectivity index (χ3n) is 4.50. The Kier molecular flexibility index (Phi) is 4.75. The number of anilines is 1. The maximum absolute atomic E-state index is 12.8. The van der Waals surface area contributed by atoms with E-state index in [2.05, 4.69) is 26.3 Å². The number of halogens is 1. The monoisotopic (exact) mass is 410 g/mol. The molecule has 1 fully saturated rings. The number of rotatable bonds is 4. The number of benzene rings is 2. The van der Waals surface area contributed by atoms with E-state index in [1.807, 2.05) is 65.7 Å². The van der Waals surface area contributed by atoms with Gasteiger partial charge in [-0.1, -0.05) is 40.2 Å². The van der Waals surface area contributed by atoms with Gasteiger partial charge in [0.25, 0.3) is 5.91 Å². The lowest BCUT2D eigenvalue weighted by Gasteiger charge is -2.16. The number of hydrogen-bond donors (Lipinski definition) is 1. The summed E-state index contributed by atoms with van der Waals surface area (Å²) in [5, 5.41) is 7.95. The van der Waals surface area contributed by atoms with E-state index in [0.29, 0.717) is 12.2 Å². The van der Waals surface area contributed by atoms with Gasteiger partial charge in [-0.3, -0.25) is 4.79 Å². The van der Waals surface area contributed by atoms with Crippen LogP contribution in [0.3, 0.4) is 0 Å². The zero-order valence-corrected chi connectivity index (χ0v) is 15.8. The lowest BCUT2D eigenvalue weighted by atomic mass is 10.2. The number of amides is 1. The van der Waals surface area contributed by atoms with Gasteiger partial charge in [-0.2, -0.15) is 5.10 Å². The van der Waals surface area contributed by atoms with Crippen molar-refractivity contribution in [3.63, 3.8) is 0 Å². The van der Waals surface area contributed by atoms with Crippen LogP contribution in [0.4, 0.5) is 5.69 Å². The van der Waals surface area contributed by atoms with Crippen molar-refractivity contribution < 1.29 is 4.79 Å². The lowest BCUT2D eigenvalue weighted by Crippen LogP contribution is -2.31. The second-order valence-electron chi connectivity index (χ2n) is 6.37. The predicted octanol–water partition coefficient (Wildman–Crippen LogP) is 3.96. The molecule has 1 aliphatic rings. The van der Waals surface area contributed by atoms with Gasteiger partial charge in [-0.05, 0) is 42.8 Å². The van der Waals surface area contributed by atoms with Gasteiger partial charge >= 0.3 is 0 Å². The average molecular weight is 411 g/mol. The molecule has 1 amide bonds. The van der Waals surface area contributed by atoms with Crippen molar-refractivity contribution in [1.82, 2.24) is 14.7 Å². The zero-order chi connectivity index (χ0) is 17.9. The first-order chi connectivity index (χ1) is 12.7. The second kappa shape index (κ2) is 7.33. The van der Waals surface area contributed by atoms with Crippen LogP contribution in [0.2, 0.25) is 0 Å². The van der Waals surface area contributed by atoms with E-state index in [4.69, 9.17) is 0 Å². The molecule has 0 aliphatic carbocycles. The molecule has 2 aromatic carbocycles. The first-order valence-electron chi connectivity index (χ1n) is 8.61. The highest BCUT2D eigenvalue weighted by molar-refractivity contribution is 9.10. The van der Waals surface area contributed by atoms with Gasteiger partial charge in [0.2, 0.25) is 0 Å². The highest BCUT2D eigenvalue weighted by Gasteiger charge is 2.28. The van der Waals surface area contributed by atoms with Crippen molar-refractivity contribution in [3.8, 4) is 5.69 Å². The van der Waals surface area contributed by atoms with Gasteiger partial charge in [0.15, 0.2) is 5.69 Å². The number of hydrogen-bond acceptors (Lipinski definition) is 3. The molecule has 0 radical (unpaired) electrons. The van der Waals surface area contributed by atoms with Gasteiger partial charge in [0.1, 0.15) is 0 Å². The molecule has 1 saturated heterocycles. The fourth-order valence-corrected chi connectivity index (χ4v) is 3.58. The summed E-state index contributed by atoms with van der Waals surface area (Å²) in [7, 11) is 0. The summed E-state index contributed by atoms with van der Waals surface area (Å²) in [6, 6.07) is 20.0. The average Bonchev–Trinajstić information content (AvgIpc) is 3.32. The molecule has 132 valence electrons. The summed E-state index contributed by atoms with van der Waals surface area (Å²) in [6.07, 6.45) is 2.76. The first-order valence-corrected chi connectivity index (χ1v) is 9.41. The van der Waals surface area contributed by atoms with Crippen molar-refractivity contribution >= 4 is 27.5 Å². The second-order valence-corrected chi connectivity index (χ2v) is 7.29. The minimum Gasteiger partial charge on any atom is -0.380 e. The van der Waals surface area contributed by atoms with Crippen LogP contribution in [-0.2, 0) is 0 Å². The molecule has 1 atom stereocenters. The Morgan fingerprint density at radius 3 is 2.77 bits per heavy atom. The number of nitrogens with zero attached hydrogens (tertiary/aromatic N) is 3. The molecule has 6 heteroatoms. The Morgan fingerprint density at radius 2 is 1.96 bits per heavy atom. The van der Waals surface area contributed by atoms with E-state index >= 15 is 0 Å². The molecule has 0 saturated carbocycles. The summed E-state index contributed by atoms with van der Waals surface area (Å²) >= 11 is 3.46. The Bertz CT molecular complexity index is 909. The topological polar surface area (TPSA) is 50.2 Å². The fourth-order valence-electron chi connectivity index (χ4n) is 3.20. The standard InChI is InChI=1S/C20H19BrN4O/c21-15-5-4-8-18(13-15)25-12-10-19(23-25)20(26)24-11-9-17(14-24)22-16-6-2-1-3-7-16/h1-8,10,12-13,17,22H,9,11,14H2/t17-/m1/s1. The molecule has 5 nitrogen and oxygen atoms in total. The molecule has 26 heavy (non-hydrogen) atoms. The third kappa shape index (κ3) is 3.65. The SMILES string of the molecule is O=C(c1ccn(-c2cccc(Br)c2)n1)N1CC[C@@H](Nc2ccccc2)C1. The number of nitrogens with one attached hydrogen (secondary N) is 1. The molecule has 2 heterocycles. The summed E-state index contributed by atoms with van der Waals surface area (Å²) in [4.78, 5) is 14.6. The molecular formula is C20H19BrN4O. The van der Waals surface area contributed by atoms with E-state index in [9.17, 15) is 4.79 Å². The number of carbonyl (C=O) groups excluding carboxylic acids is 1. The predicted molar refractivity (Wildman–Crippen MR) is 106 cm³/mol. The molecule has 1 aromatic heterocycles. The largest absolute Gasteiger partial charge is 0.380 e. The van der Waals surface area contributed by atoms with Crippen molar-refractivity contribution in [2.75, 3.05) is 18.4 Å². The minimum atomic E-state index is -0.0175. The quantitative estimate of drug-likeness (QED) is 0.707. The summed E-state index contributed by atoms with van der Waals surface area (Å²) in [5.41, 5.74) is 2.49. The number of para-hydroxylation sites is 1. The van der Waals surface area contributed by atoms with Crippen LogP contribution in [0.15, 0.2) is 71.3 Å². The van der Waals surface area contributed by atoms with Crippen molar-refractivity contribution in [2.24, 2.45) is 0 Å². The Labute approximate surface area is 160 Å². The van der Waals surface area contributed by atoms with Crippen molar-refractivity contribution in [3.05, 3.63) is 77.0 Å². The molecule has 0 unspecified atom stereocenters. The molecule has 3 aromatic rings. The number of carbonyl (C=O) groups is 1. The molecule has 1 aliphatic heterocycles. The van der Waals surface area contributed by atoms with Gasteiger partial charge in [-0.25, -0.2) is 4.68 Å². The van der Waals surface area contributed by atoms with Gasteiger partial charge < -0.3 is 10.2 Å². The molecular weight excluding hydrogens is 392 g/mol. The van der Waals surface area contributed by atoms with Gasteiger partial charge in [-0.15, -0.1) is 0 Å². The maximum atomic E-state index is 12.8.